The SMILES string of the molecule is Cc1ccc([C@@H]2C[C@H](C(F)(F)F)n3ncc(C(=O)Nc4ccc(Cl)c(Cl)c4)c3N2)cc1. The average molecular weight is 469 g/mol. The molecule has 31 heavy (non-hydrogen) atoms. The van der Waals surface area contributed by atoms with Gasteiger partial charge >= 0.3 is 6.18 Å². The first-order chi connectivity index (χ1) is 14.6. The third kappa shape index (κ3) is 4.36. The second-order valence-corrected chi connectivity index (χ2v) is 8.15. The molecule has 5 nitrogen and oxygen atoms in total. The number of benzene rings is 2. The Morgan fingerprint density at radius 1 is 1.16 bits per heavy atom. The molecule has 0 unspecified atom stereocenters. The van der Waals surface area contributed by atoms with Crippen LogP contribution in [-0.2, 0) is 0 Å². The fraction of sp³-hybridized carbons (Fsp3) is 0.238. The third-order valence-electron chi connectivity index (χ3n) is 5.14. The van der Waals surface area contributed by atoms with E-state index in [2.05, 4.69) is 15.7 Å². The molecule has 1 aromatic heterocycles. The Kier molecular flexibility index (Phi) is 5.61. The van der Waals surface area contributed by atoms with Crippen LogP contribution in [-0.4, -0.2) is 21.9 Å². The maximum atomic E-state index is 13.8. The van der Waals surface area contributed by atoms with Crippen molar-refractivity contribution in [2.75, 3.05) is 10.6 Å². The Balaban J connectivity index is 1.68. The zero-order chi connectivity index (χ0) is 22.3. The number of amides is 1. The molecule has 0 radical (unpaired) electrons. The number of hydrogen-bond donors (Lipinski definition) is 2. The molecular formula is C21H17Cl2F3N4O. The first kappa shape index (κ1) is 21.5. The molecule has 4 rings (SSSR count). The highest BCUT2D eigenvalue weighted by molar-refractivity contribution is 6.42. The molecule has 0 fully saturated rings. The van der Waals surface area contributed by atoms with E-state index >= 15 is 0 Å². The normalized spacial score (nSPS) is 18.3. The van der Waals surface area contributed by atoms with Gasteiger partial charge in [-0.05, 0) is 30.7 Å². The minimum Gasteiger partial charge on any atom is -0.363 e. The Morgan fingerprint density at radius 3 is 2.52 bits per heavy atom. The van der Waals surface area contributed by atoms with E-state index in [-0.39, 0.29) is 22.8 Å². The monoisotopic (exact) mass is 468 g/mol. The number of rotatable bonds is 3. The van der Waals surface area contributed by atoms with Crippen LogP contribution in [0.1, 0.15) is 40.0 Å². The van der Waals surface area contributed by atoms with Crippen LogP contribution in [0.25, 0.3) is 0 Å². The van der Waals surface area contributed by atoms with E-state index in [4.69, 9.17) is 23.2 Å². The number of fused-ring (bicyclic) bond motifs is 1. The van der Waals surface area contributed by atoms with Crippen LogP contribution in [0.3, 0.4) is 0 Å². The number of hydrogen-bond acceptors (Lipinski definition) is 3. The molecule has 2 N–H and O–H groups in total. The van der Waals surface area contributed by atoms with Crippen molar-refractivity contribution in [3.63, 3.8) is 0 Å². The second kappa shape index (κ2) is 8.09. The summed E-state index contributed by atoms with van der Waals surface area (Å²) in [5.74, 6) is -0.602. The minimum atomic E-state index is -4.52. The van der Waals surface area contributed by atoms with Crippen molar-refractivity contribution in [3.05, 3.63) is 75.4 Å². The lowest BCUT2D eigenvalue weighted by Crippen LogP contribution is -2.36. The molecule has 0 bridgehead atoms. The molecule has 2 atom stereocenters. The predicted octanol–water partition coefficient (Wildman–Crippen LogP) is 6.41. The number of anilines is 2. The van der Waals surface area contributed by atoms with E-state index in [1.807, 2.05) is 19.1 Å². The number of alkyl halides is 3. The predicted molar refractivity (Wildman–Crippen MR) is 114 cm³/mol. The standard InChI is InChI=1S/C21H17Cl2F3N4O/c1-11-2-4-12(5-3-11)17-9-18(21(24,25)26)30-19(29-17)14(10-27-30)20(31)28-13-6-7-15(22)16(23)8-13/h2-8,10,17-18,29H,9H2,1H3,(H,28,31)/t17-,18+/m0/s1. The highest BCUT2D eigenvalue weighted by Gasteiger charge is 2.47. The van der Waals surface area contributed by atoms with Gasteiger partial charge < -0.3 is 10.6 Å². The molecular weight excluding hydrogens is 452 g/mol. The van der Waals surface area contributed by atoms with Gasteiger partial charge in [-0.15, -0.1) is 0 Å². The van der Waals surface area contributed by atoms with Crippen molar-refractivity contribution in [1.82, 2.24) is 9.78 Å². The molecule has 2 aromatic carbocycles. The van der Waals surface area contributed by atoms with Crippen LogP contribution >= 0.6 is 23.2 Å². The van der Waals surface area contributed by atoms with Gasteiger partial charge in [-0.3, -0.25) is 4.79 Å². The Hall–Kier alpha value is -2.71. The summed E-state index contributed by atoms with van der Waals surface area (Å²) in [6, 6.07) is 9.26. The van der Waals surface area contributed by atoms with Gasteiger partial charge in [0.15, 0.2) is 6.04 Å². The number of nitrogens with zero attached hydrogens (tertiary/aromatic N) is 2. The number of carbonyl (C=O) groups is 1. The molecule has 10 heteroatoms. The largest absolute Gasteiger partial charge is 0.410 e. The fourth-order valence-electron chi connectivity index (χ4n) is 3.52. The van der Waals surface area contributed by atoms with Crippen LogP contribution in [0.5, 0.6) is 0 Å². The number of nitrogens with one attached hydrogen (secondary N) is 2. The summed E-state index contributed by atoms with van der Waals surface area (Å²) in [4.78, 5) is 12.8. The van der Waals surface area contributed by atoms with E-state index in [9.17, 15) is 18.0 Å². The maximum absolute atomic E-state index is 13.8. The van der Waals surface area contributed by atoms with Crippen molar-refractivity contribution >= 4 is 40.6 Å². The summed E-state index contributed by atoms with van der Waals surface area (Å²) in [5.41, 5.74) is 2.05. The highest BCUT2D eigenvalue weighted by Crippen LogP contribution is 2.44. The van der Waals surface area contributed by atoms with Crippen LogP contribution in [0, 0.1) is 6.92 Å². The van der Waals surface area contributed by atoms with E-state index in [1.54, 1.807) is 18.2 Å². The number of carbonyl (C=O) groups excluding carboxylic acids is 1. The minimum absolute atomic E-state index is 0.00265. The van der Waals surface area contributed by atoms with Gasteiger partial charge in [0.2, 0.25) is 0 Å². The van der Waals surface area contributed by atoms with Crippen molar-refractivity contribution in [1.29, 1.82) is 0 Å². The number of halogens is 5. The van der Waals surface area contributed by atoms with Crippen molar-refractivity contribution in [3.8, 4) is 0 Å². The summed E-state index contributed by atoms with van der Waals surface area (Å²) in [5, 5.41) is 10.1. The second-order valence-electron chi connectivity index (χ2n) is 7.34. The molecule has 3 aromatic rings. The van der Waals surface area contributed by atoms with Crippen molar-refractivity contribution in [2.24, 2.45) is 0 Å². The molecule has 0 saturated heterocycles. The summed E-state index contributed by atoms with van der Waals surface area (Å²) in [6.07, 6.45) is -3.64. The Bertz CT molecular complexity index is 1130. The zero-order valence-corrected chi connectivity index (χ0v) is 17.7. The topological polar surface area (TPSA) is 59.0 Å². The van der Waals surface area contributed by atoms with Gasteiger partial charge in [0.05, 0.1) is 22.3 Å². The zero-order valence-electron chi connectivity index (χ0n) is 16.2. The van der Waals surface area contributed by atoms with Gasteiger partial charge in [-0.1, -0.05) is 53.0 Å². The third-order valence-corrected chi connectivity index (χ3v) is 5.88. The first-order valence-corrected chi connectivity index (χ1v) is 10.1. The summed E-state index contributed by atoms with van der Waals surface area (Å²) in [6.45, 7) is 1.90. The highest BCUT2D eigenvalue weighted by atomic mass is 35.5. The van der Waals surface area contributed by atoms with E-state index < -0.39 is 24.2 Å². The van der Waals surface area contributed by atoms with Crippen LogP contribution in [0.15, 0.2) is 48.7 Å². The lowest BCUT2D eigenvalue weighted by atomic mass is 9.96. The number of aryl methyl sites for hydroxylation is 1. The molecule has 1 aliphatic heterocycles. The molecule has 1 amide bonds. The van der Waals surface area contributed by atoms with Gasteiger partial charge in [-0.25, -0.2) is 4.68 Å². The molecule has 0 saturated carbocycles. The van der Waals surface area contributed by atoms with Crippen molar-refractivity contribution in [2.45, 2.75) is 31.6 Å². The van der Waals surface area contributed by atoms with Crippen LogP contribution in [0.4, 0.5) is 24.7 Å². The Labute approximate surface area is 186 Å². The molecule has 162 valence electrons. The Morgan fingerprint density at radius 2 is 1.87 bits per heavy atom. The maximum Gasteiger partial charge on any atom is 0.410 e. The van der Waals surface area contributed by atoms with E-state index in [1.165, 1.54) is 12.1 Å². The molecule has 1 aliphatic rings. The molecule has 0 aliphatic carbocycles. The van der Waals surface area contributed by atoms with Gasteiger partial charge in [0.1, 0.15) is 11.4 Å². The van der Waals surface area contributed by atoms with Gasteiger partial charge in [-0.2, -0.15) is 18.3 Å². The summed E-state index contributed by atoms with van der Waals surface area (Å²) in [7, 11) is 0. The van der Waals surface area contributed by atoms with Gasteiger partial charge in [0.25, 0.3) is 5.91 Å². The lowest BCUT2D eigenvalue weighted by molar-refractivity contribution is -0.173. The summed E-state index contributed by atoms with van der Waals surface area (Å²) < 4.78 is 42.2. The van der Waals surface area contributed by atoms with Crippen LogP contribution < -0.4 is 10.6 Å². The first-order valence-electron chi connectivity index (χ1n) is 9.37. The smallest absolute Gasteiger partial charge is 0.363 e. The fourth-order valence-corrected chi connectivity index (χ4v) is 3.82. The quantitative estimate of drug-likeness (QED) is 0.466. The molecule has 2 heterocycles. The van der Waals surface area contributed by atoms with Crippen molar-refractivity contribution < 1.29 is 18.0 Å². The lowest BCUT2D eigenvalue weighted by Gasteiger charge is -2.34. The number of aromatic nitrogens is 2. The molecule has 0 spiro atoms. The van der Waals surface area contributed by atoms with E-state index in [0.717, 1.165) is 16.4 Å². The van der Waals surface area contributed by atoms with Crippen LogP contribution in [0.2, 0.25) is 10.0 Å². The van der Waals surface area contributed by atoms with Gasteiger partial charge in [0, 0.05) is 12.1 Å². The van der Waals surface area contributed by atoms with E-state index in [0.29, 0.717) is 16.3 Å². The average Bonchev–Trinajstić information content (AvgIpc) is 3.14. The summed E-state index contributed by atoms with van der Waals surface area (Å²) >= 11 is 11.8.